The van der Waals surface area contributed by atoms with Gasteiger partial charge in [0.1, 0.15) is 12.4 Å². The number of hydrogen-bond acceptors (Lipinski definition) is 7. The van der Waals surface area contributed by atoms with Crippen molar-refractivity contribution in [1.29, 1.82) is 0 Å². The molecule has 1 heterocycles. The third-order valence-corrected chi connectivity index (χ3v) is 11.6. The zero-order chi connectivity index (χ0) is 27.8. The molecule has 0 aromatic heterocycles. The first-order valence-corrected chi connectivity index (χ1v) is 14.7. The molecular formula is C30H35F2NO5S. The highest BCUT2D eigenvalue weighted by Crippen LogP contribution is 2.72. The highest BCUT2D eigenvalue weighted by Gasteiger charge is 2.79. The second-order valence-electron chi connectivity index (χ2n) is 12.3. The lowest BCUT2D eigenvalue weighted by Gasteiger charge is -2.62. The van der Waals surface area contributed by atoms with Crippen molar-refractivity contribution in [3.8, 4) is 0 Å². The highest BCUT2D eigenvalue weighted by atomic mass is 32.2. The second-order valence-corrected chi connectivity index (χ2v) is 13.4. The summed E-state index contributed by atoms with van der Waals surface area (Å²) in [5.74, 6) is -2.22. The fourth-order valence-corrected chi connectivity index (χ4v) is 9.71. The molecule has 1 saturated heterocycles. The van der Waals surface area contributed by atoms with E-state index < -0.39 is 58.3 Å². The van der Waals surface area contributed by atoms with Crippen LogP contribution < -0.4 is 0 Å². The number of nitrogens with zero attached hydrogens (tertiary/aromatic N) is 1. The number of thioether (sulfide) groups is 1. The monoisotopic (exact) mass is 559 g/mol. The Morgan fingerprint density at radius 3 is 2.69 bits per heavy atom. The van der Waals surface area contributed by atoms with Crippen molar-refractivity contribution in [2.45, 2.75) is 61.8 Å². The summed E-state index contributed by atoms with van der Waals surface area (Å²) >= 11 is 1.67. The molecule has 0 amide bonds. The SMILES string of the molecule is C[C@]12C=CC(=O)CC1=C(F)C[C@H]1[C@@H]3C[C@H]4CN(CCSc5ccccc5)O[C@@]4(C(=O)CO)[C@@]3(C)C[C@H](O)[C@@]12F. The van der Waals surface area contributed by atoms with E-state index in [2.05, 4.69) is 0 Å². The molecule has 39 heavy (non-hydrogen) atoms. The van der Waals surface area contributed by atoms with Gasteiger partial charge in [0.2, 0.25) is 0 Å². The molecule has 0 spiro atoms. The smallest absolute Gasteiger partial charge is 0.192 e. The van der Waals surface area contributed by atoms with Crippen molar-refractivity contribution in [1.82, 2.24) is 5.06 Å². The molecular weight excluding hydrogens is 524 g/mol. The van der Waals surface area contributed by atoms with Crippen LogP contribution in [0.5, 0.6) is 0 Å². The van der Waals surface area contributed by atoms with Crippen LogP contribution in [0.4, 0.5) is 8.78 Å². The maximum atomic E-state index is 17.4. The van der Waals surface area contributed by atoms with E-state index in [4.69, 9.17) is 4.84 Å². The van der Waals surface area contributed by atoms with Crippen LogP contribution >= 0.6 is 11.8 Å². The van der Waals surface area contributed by atoms with Gasteiger partial charge in [-0.25, -0.2) is 8.78 Å². The largest absolute Gasteiger partial charge is 0.390 e. The van der Waals surface area contributed by atoms with Crippen LogP contribution in [0.2, 0.25) is 0 Å². The van der Waals surface area contributed by atoms with Crippen LogP contribution in [0.15, 0.2) is 58.8 Å². The van der Waals surface area contributed by atoms with Gasteiger partial charge < -0.3 is 10.2 Å². The van der Waals surface area contributed by atoms with Gasteiger partial charge in [-0.2, -0.15) is 5.06 Å². The van der Waals surface area contributed by atoms with E-state index in [1.165, 1.54) is 12.2 Å². The molecule has 3 fully saturated rings. The Balaban J connectivity index is 1.32. The van der Waals surface area contributed by atoms with E-state index >= 15 is 8.78 Å². The summed E-state index contributed by atoms with van der Waals surface area (Å²) in [6.07, 6.45) is 1.16. The van der Waals surface area contributed by atoms with Crippen molar-refractivity contribution in [2.75, 3.05) is 25.4 Å². The standard InChI is InChI=1S/C30H35F2NO5S/c1-27-9-8-19(35)13-23(27)24(31)14-22-21-12-18-16-33(10-11-39-20-6-4-3-5-7-20)38-30(18,26(37)17-34)28(21,2)15-25(36)29(22,27)32/h3-9,18,21-22,25,34,36H,10-17H2,1-2H3/t18-,21-,22-,25-,27-,28-,29-,30-/m0/s1. The molecule has 5 aliphatic rings. The summed E-state index contributed by atoms with van der Waals surface area (Å²) in [4.78, 5) is 33.2. The number of hydroxylamine groups is 2. The van der Waals surface area contributed by atoms with E-state index in [0.717, 1.165) is 10.6 Å². The number of Topliss-reactive ketones (excluding diaryl/α,β-unsaturated/α-hetero) is 1. The molecule has 6 nitrogen and oxygen atoms in total. The number of fused-ring (bicyclic) bond motifs is 7. The van der Waals surface area contributed by atoms with Crippen LogP contribution in [0.3, 0.4) is 0 Å². The van der Waals surface area contributed by atoms with Gasteiger partial charge in [-0.15, -0.1) is 11.8 Å². The number of aliphatic hydroxyl groups excluding tert-OH is 2. The number of aliphatic hydroxyl groups is 2. The first-order chi connectivity index (χ1) is 18.5. The molecule has 2 N–H and O–H groups in total. The lowest BCUT2D eigenvalue weighted by atomic mass is 9.45. The summed E-state index contributed by atoms with van der Waals surface area (Å²) in [6, 6.07) is 9.96. The Labute approximate surface area is 231 Å². The first-order valence-electron chi connectivity index (χ1n) is 13.7. The maximum absolute atomic E-state index is 17.4. The number of allylic oxidation sites excluding steroid dienone is 4. The molecule has 0 bridgehead atoms. The Kier molecular flexibility index (Phi) is 6.51. The fraction of sp³-hybridized carbons (Fsp3) is 0.600. The zero-order valence-electron chi connectivity index (χ0n) is 22.2. The molecule has 1 aromatic carbocycles. The molecule has 4 aliphatic carbocycles. The predicted molar refractivity (Wildman–Crippen MR) is 142 cm³/mol. The number of rotatable bonds is 6. The maximum Gasteiger partial charge on any atom is 0.192 e. The summed E-state index contributed by atoms with van der Waals surface area (Å²) in [5, 5.41) is 23.4. The predicted octanol–water partition coefficient (Wildman–Crippen LogP) is 4.22. The number of hydrogen-bond donors (Lipinski definition) is 2. The molecule has 1 aromatic rings. The minimum Gasteiger partial charge on any atom is -0.390 e. The quantitative estimate of drug-likeness (QED) is 0.505. The van der Waals surface area contributed by atoms with Crippen LogP contribution in [0.1, 0.15) is 39.5 Å². The Hall–Kier alpha value is -1.91. The molecule has 2 saturated carbocycles. The number of carbonyl (C=O) groups is 2. The molecule has 0 radical (unpaired) electrons. The molecule has 6 rings (SSSR count). The average Bonchev–Trinajstić information content (AvgIpc) is 3.39. The topological polar surface area (TPSA) is 87.1 Å². The lowest BCUT2D eigenvalue weighted by molar-refractivity contribution is -0.263. The van der Waals surface area contributed by atoms with Crippen LogP contribution in [-0.2, 0) is 14.4 Å². The number of halogens is 2. The number of alkyl halides is 1. The number of ketones is 2. The van der Waals surface area contributed by atoms with E-state index in [-0.39, 0.29) is 36.5 Å². The summed E-state index contributed by atoms with van der Waals surface area (Å²) in [7, 11) is 0. The van der Waals surface area contributed by atoms with E-state index in [9.17, 15) is 19.8 Å². The van der Waals surface area contributed by atoms with Gasteiger partial charge >= 0.3 is 0 Å². The van der Waals surface area contributed by atoms with Gasteiger partial charge in [-0.05, 0) is 49.5 Å². The molecule has 210 valence electrons. The summed E-state index contributed by atoms with van der Waals surface area (Å²) in [5.41, 5.74) is -5.98. The van der Waals surface area contributed by atoms with Crippen molar-refractivity contribution >= 4 is 23.3 Å². The van der Waals surface area contributed by atoms with E-state index in [1.54, 1.807) is 23.7 Å². The Morgan fingerprint density at radius 1 is 1.23 bits per heavy atom. The van der Waals surface area contributed by atoms with Gasteiger partial charge in [0.05, 0.1) is 6.10 Å². The van der Waals surface area contributed by atoms with Crippen LogP contribution in [0.25, 0.3) is 0 Å². The van der Waals surface area contributed by atoms with Crippen LogP contribution in [0, 0.1) is 28.6 Å². The Bertz CT molecular complexity index is 1260. The van der Waals surface area contributed by atoms with Gasteiger partial charge in [0, 0.05) is 59.2 Å². The third-order valence-electron chi connectivity index (χ3n) is 10.6. The van der Waals surface area contributed by atoms with Gasteiger partial charge in [0.15, 0.2) is 22.8 Å². The van der Waals surface area contributed by atoms with Gasteiger partial charge in [0.25, 0.3) is 0 Å². The van der Waals surface area contributed by atoms with E-state index in [0.29, 0.717) is 19.5 Å². The third kappa shape index (κ3) is 3.59. The van der Waals surface area contributed by atoms with Gasteiger partial charge in [-0.1, -0.05) is 31.2 Å². The second kappa shape index (κ2) is 9.31. The molecule has 0 unspecified atom stereocenters. The summed E-state index contributed by atoms with van der Waals surface area (Å²) < 4.78 is 33.1. The Morgan fingerprint density at radius 2 is 1.97 bits per heavy atom. The molecule has 1 aliphatic heterocycles. The van der Waals surface area contributed by atoms with E-state index in [1.807, 2.05) is 37.3 Å². The van der Waals surface area contributed by atoms with Crippen molar-refractivity contribution in [3.63, 3.8) is 0 Å². The summed E-state index contributed by atoms with van der Waals surface area (Å²) in [6.45, 7) is 3.68. The normalized spacial score (nSPS) is 43.2. The molecule has 9 heteroatoms. The fourth-order valence-electron chi connectivity index (χ4n) is 8.83. The van der Waals surface area contributed by atoms with Crippen molar-refractivity contribution in [2.24, 2.45) is 28.6 Å². The number of benzene rings is 1. The average molecular weight is 560 g/mol. The lowest BCUT2D eigenvalue weighted by Crippen LogP contribution is -2.69. The van der Waals surface area contributed by atoms with Crippen molar-refractivity contribution < 1.29 is 33.4 Å². The minimum atomic E-state index is -2.20. The minimum absolute atomic E-state index is 0.0637. The number of carbonyl (C=O) groups excluding carboxylic acids is 2. The zero-order valence-corrected chi connectivity index (χ0v) is 23.1. The first kappa shape index (κ1) is 27.3. The van der Waals surface area contributed by atoms with Crippen LogP contribution in [-0.4, -0.2) is 69.7 Å². The van der Waals surface area contributed by atoms with Crippen molar-refractivity contribution in [3.05, 3.63) is 53.9 Å². The molecule has 8 atom stereocenters. The highest BCUT2D eigenvalue weighted by molar-refractivity contribution is 7.99. The van der Waals surface area contributed by atoms with Gasteiger partial charge in [-0.3, -0.25) is 14.4 Å².